The summed E-state index contributed by atoms with van der Waals surface area (Å²) in [6.07, 6.45) is 1.00. The van der Waals surface area contributed by atoms with Gasteiger partial charge in [0.1, 0.15) is 0 Å². The molecule has 0 aromatic carbocycles. The minimum Gasteiger partial charge on any atom is -0.358 e. The predicted molar refractivity (Wildman–Crippen MR) is 28.5 cm³/mol. The minimum atomic E-state index is 0. The Bertz CT molecular complexity index is 3.90. The molecular weight excluding hydrogens is 199 g/mol. The molecule has 0 fully saturated rings. The fourth-order valence-corrected chi connectivity index (χ4v) is 0. The summed E-state index contributed by atoms with van der Waals surface area (Å²) in [6.45, 7) is 5.50. The summed E-state index contributed by atoms with van der Waals surface area (Å²) < 4.78 is 0. The molecule has 0 aliphatic carbocycles. The molecule has 0 unspecified atom stereocenters. The molecule has 0 aliphatic rings. The van der Waals surface area contributed by atoms with E-state index in [0.717, 1.165) is 6.42 Å². The summed E-state index contributed by atoms with van der Waals surface area (Å²) in [4.78, 5) is 0. The largest absolute Gasteiger partial charge is 3.00 e. The summed E-state index contributed by atoms with van der Waals surface area (Å²) in [7, 11) is 0. The third-order valence-electron chi connectivity index (χ3n) is 0. The molecule has 0 atom stereocenters. The maximum Gasteiger partial charge on any atom is 3.00 e. The van der Waals surface area contributed by atoms with Crippen LogP contribution in [-0.4, -0.2) is 0 Å². The zero-order chi connectivity index (χ0) is 2.71. The first kappa shape index (κ1) is 27.1. The summed E-state index contributed by atoms with van der Waals surface area (Å²) in [5.74, 6) is 0. The first-order valence-corrected chi connectivity index (χ1v) is 1.21. The van der Waals surface area contributed by atoms with E-state index in [9.17, 15) is 0 Å². The second-order valence-corrected chi connectivity index (χ2v) is 0.500. The molecule has 0 spiro atoms. The standard InChI is InChI=1S/C3H7.2CH3.La/c1-3-2;;;/h1,3H2,2H3;2*1H3;/q3*-1;+3. The van der Waals surface area contributed by atoms with Crippen LogP contribution in [0.1, 0.15) is 13.3 Å². The molecule has 0 aliphatic heterocycles. The molecule has 1 heteroatoms. The van der Waals surface area contributed by atoms with Crippen LogP contribution in [0.3, 0.4) is 0 Å². The van der Waals surface area contributed by atoms with Gasteiger partial charge in [-0.1, -0.05) is 6.92 Å². The Balaban J connectivity index is -0.00000000667. The van der Waals surface area contributed by atoms with Gasteiger partial charge in [-0.2, -0.15) is 6.42 Å². The third kappa shape index (κ3) is 64.0. The molecule has 0 amide bonds. The Kier molecular flexibility index (Phi) is 156. The van der Waals surface area contributed by atoms with Crippen molar-refractivity contribution >= 4 is 0 Å². The van der Waals surface area contributed by atoms with Gasteiger partial charge in [0.25, 0.3) is 0 Å². The molecule has 6 heavy (non-hydrogen) atoms. The minimum absolute atomic E-state index is 0. The van der Waals surface area contributed by atoms with E-state index >= 15 is 0 Å². The van der Waals surface area contributed by atoms with Gasteiger partial charge in [0, 0.05) is 0 Å². The molecule has 0 saturated carbocycles. The van der Waals surface area contributed by atoms with Gasteiger partial charge < -0.3 is 21.8 Å². The summed E-state index contributed by atoms with van der Waals surface area (Å²) in [5.41, 5.74) is 0. The Morgan fingerprint density at radius 2 is 1.33 bits per heavy atom. The van der Waals surface area contributed by atoms with Crippen LogP contribution < -0.4 is 0 Å². The van der Waals surface area contributed by atoms with E-state index in [0.29, 0.717) is 0 Å². The Morgan fingerprint density at radius 1 is 1.33 bits per heavy atom. The van der Waals surface area contributed by atoms with E-state index in [-0.39, 0.29) is 50.5 Å². The molecule has 0 aromatic rings. The van der Waals surface area contributed by atoms with Crippen molar-refractivity contribution in [3.63, 3.8) is 0 Å². The van der Waals surface area contributed by atoms with Crippen molar-refractivity contribution in [3.8, 4) is 0 Å². The van der Waals surface area contributed by atoms with Crippen molar-refractivity contribution in [2.45, 2.75) is 13.3 Å². The zero-order valence-corrected chi connectivity index (χ0v) is 8.62. The molecule has 0 nitrogen and oxygen atoms in total. The van der Waals surface area contributed by atoms with Crippen LogP contribution in [0.15, 0.2) is 0 Å². The van der Waals surface area contributed by atoms with Gasteiger partial charge in [0.2, 0.25) is 0 Å². The van der Waals surface area contributed by atoms with Gasteiger partial charge in [-0.15, -0.1) is 0 Å². The van der Waals surface area contributed by atoms with Crippen molar-refractivity contribution in [2.75, 3.05) is 0 Å². The zero-order valence-electron chi connectivity index (χ0n) is 4.99. The molecular formula is C5H13La. The Labute approximate surface area is 70.3 Å². The number of hydrogen-bond donors (Lipinski definition) is 0. The SMILES string of the molecule is [CH2-]CC.[CH3-].[CH3-].[La+3]. The van der Waals surface area contributed by atoms with Gasteiger partial charge in [-0.3, -0.25) is 0 Å². The Morgan fingerprint density at radius 3 is 1.33 bits per heavy atom. The predicted octanol–water partition coefficient (Wildman–Crippen LogP) is 2.13. The maximum absolute atomic E-state index is 3.49. The van der Waals surface area contributed by atoms with E-state index in [1.165, 1.54) is 0 Å². The van der Waals surface area contributed by atoms with E-state index in [1.807, 2.05) is 6.92 Å². The van der Waals surface area contributed by atoms with E-state index < -0.39 is 0 Å². The van der Waals surface area contributed by atoms with Crippen LogP contribution in [0.5, 0.6) is 0 Å². The van der Waals surface area contributed by atoms with Crippen LogP contribution >= 0.6 is 0 Å². The fraction of sp³-hybridized carbons (Fsp3) is 0.400. The van der Waals surface area contributed by atoms with Gasteiger partial charge in [0.15, 0.2) is 0 Å². The molecule has 36 valence electrons. The van der Waals surface area contributed by atoms with Gasteiger partial charge in [-0.25, -0.2) is 0 Å². The second kappa shape index (κ2) is 34.7. The van der Waals surface area contributed by atoms with Crippen molar-refractivity contribution < 1.29 is 35.6 Å². The summed E-state index contributed by atoms with van der Waals surface area (Å²) >= 11 is 0. The third-order valence-corrected chi connectivity index (χ3v) is 0. The summed E-state index contributed by atoms with van der Waals surface area (Å²) in [6, 6.07) is 0. The van der Waals surface area contributed by atoms with Crippen molar-refractivity contribution in [3.05, 3.63) is 21.8 Å². The first-order chi connectivity index (χ1) is 1.41. The maximum atomic E-state index is 3.49. The van der Waals surface area contributed by atoms with E-state index in [2.05, 4.69) is 6.92 Å². The normalized spacial score (nSPS) is 3.00. The van der Waals surface area contributed by atoms with Crippen molar-refractivity contribution in [2.24, 2.45) is 0 Å². The van der Waals surface area contributed by atoms with Crippen LogP contribution in [0.25, 0.3) is 0 Å². The van der Waals surface area contributed by atoms with Crippen LogP contribution in [0.4, 0.5) is 0 Å². The first-order valence-electron chi connectivity index (χ1n) is 1.21. The van der Waals surface area contributed by atoms with Crippen LogP contribution in [0.2, 0.25) is 0 Å². The monoisotopic (exact) mass is 212 g/mol. The molecule has 0 rings (SSSR count). The van der Waals surface area contributed by atoms with Gasteiger partial charge >= 0.3 is 35.6 Å². The number of hydrogen-bond acceptors (Lipinski definition) is 0. The van der Waals surface area contributed by atoms with E-state index in [4.69, 9.17) is 0 Å². The van der Waals surface area contributed by atoms with Crippen LogP contribution in [-0.2, 0) is 0 Å². The van der Waals surface area contributed by atoms with Crippen LogP contribution in [0, 0.1) is 57.4 Å². The topological polar surface area (TPSA) is 0 Å². The fourth-order valence-electron chi connectivity index (χ4n) is 0. The van der Waals surface area contributed by atoms with Gasteiger partial charge in [-0.05, 0) is 0 Å². The van der Waals surface area contributed by atoms with Crippen molar-refractivity contribution in [1.29, 1.82) is 0 Å². The van der Waals surface area contributed by atoms with E-state index in [1.54, 1.807) is 0 Å². The Hall–Kier alpha value is 1.19. The molecule has 0 bridgehead atoms. The average Bonchev–Trinajstić information content (AvgIpc) is 0.918. The van der Waals surface area contributed by atoms with Gasteiger partial charge in [0.05, 0.1) is 0 Å². The molecule has 0 saturated heterocycles. The van der Waals surface area contributed by atoms with Crippen molar-refractivity contribution in [1.82, 2.24) is 0 Å². The molecule has 0 radical (unpaired) electrons. The quantitative estimate of drug-likeness (QED) is 0.539. The second-order valence-electron chi connectivity index (χ2n) is 0.500. The molecule has 0 aromatic heterocycles. The average molecular weight is 212 g/mol. The number of rotatable bonds is 0. The molecule has 0 heterocycles. The molecule has 0 N–H and O–H groups in total. The smallest absolute Gasteiger partial charge is 0.358 e. The summed E-state index contributed by atoms with van der Waals surface area (Å²) in [5, 5.41) is 0.